The van der Waals surface area contributed by atoms with E-state index in [4.69, 9.17) is 0 Å². The summed E-state index contributed by atoms with van der Waals surface area (Å²) in [6.07, 6.45) is 2.13. The number of hydrogen-bond donors (Lipinski definition) is 0. The number of nitroso groups, excluding NO2 is 1. The van der Waals surface area contributed by atoms with E-state index in [9.17, 15) is 4.91 Å². The predicted molar refractivity (Wildman–Crippen MR) is 47.2 cm³/mol. The molecule has 0 unspecified atom stereocenters. The van der Waals surface area contributed by atoms with Gasteiger partial charge in [-0.1, -0.05) is 13.3 Å². The third-order valence-electron chi connectivity index (χ3n) is 1.60. The van der Waals surface area contributed by atoms with Crippen LogP contribution >= 0.6 is 0 Å². The molecule has 0 saturated heterocycles. The molecule has 0 rings (SSSR count). The van der Waals surface area contributed by atoms with Crippen LogP contribution in [0.3, 0.4) is 0 Å². The summed E-state index contributed by atoms with van der Waals surface area (Å²) in [5, 5.41) is 4.57. The van der Waals surface area contributed by atoms with Crippen molar-refractivity contribution in [1.29, 1.82) is 0 Å². The number of unbranched alkanes of at least 4 members (excludes halogenated alkanes) is 1. The van der Waals surface area contributed by atoms with Gasteiger partial charge in [0, 0.05) is 6.54 Å². The van der Waals surface area contributed by atoms with Crippen LogP contribution in [0.2, 0.25) is 0 Å². The molecule has 0 aliphatic heterocycles. The van der Waals surface area contributed by atoms with E-state index in [2.05, 4.69) is 12.2 Å². The highest BCUT2D eigenvalue weighted by Gasteiger charge is 2.19. The highest BCUT2D eigenvalue weighted by Crippen LogP contribution is 2.13. The largest absolute Gasteiger partial charge is 0.256 e. The summed E-state index contributed by atoms with van der Waals surface area (Å²) in [6, 6.07) is 0. The first-order chi connectivity index (χ1) is 5.02. The minimum Gasteiger partial charge on any atom is -0.256 e. The molecule has 0 heterocycles. The summed E-state index contributed by atoms with van der Waals surface area (Å²) in [5.41, 5.74) is -0.128. The SMILES string of the molecule is CCCCN(N=O)C(C)(C)C. The second-order valence-electron chi connectivity index (χ2n) is 3.73. The molecule has 3 nitrogen and oxygen atoms in total. The number of hydrogen-bond acceptors (Lipinski definition) is 2. The maximum atomic E-state index is 10.3. The minimum absolute atomic E-state index is 0.128. The van der Waals surface area contributed by atoms with E-state index in [1.807, 2.05) is 20.8 Å². The Bertz CT molecular complexity index is 118. The minimum atomic E-state index is -0.128. The van der Waals surface area contributed by atoms with Crippen LogP contribution in [-0.2, 0) is 0 Å². The van der Waals surface area contributed by atoms with Gasteiger partial charge < -0.3 is 0 Å². The van der Waals surface area contributed by atoms with E-state index < -0.39 is 0 Å². The van der Waals surface area contributed by atoms with E-state index in [1.54, 1.807) is 5.01 Å². The molecule has 0 aromatic rings. The Morgan fingerprint density at radius 1 is 1.36 bits per heavy atom. The van der Waals surface area contributed by atoms with E-state index in [-0.39, 0.29) is 5.54 Å². The molecule has 0 radical (unpaired) electrons. The smallest absolute Gasteiger partial charge is 0.0529 e. The van der Waals surface area contributed by atoms with Gasteiger partial charge in [-0.15, -0.1) is 4.91 Å². The molecule has 66 valence electrons. The van der Waals surface area contributed by atoms with Crippen molar-refractivity contribution in [3.8, 4) is 0 Å². The Hall–Kier alpha value is -0.600. The molecule has 0 amide bonds. The van der Waals surface area contributed by atoms with Crippen LogP contribution in [0.1, 0.15) is 40.5 Å². The topological polar surface area (TPSA) is 32.7 Å². The molecular formula is C8H18N2O. The fourth-order valence-corrected chi connectivity index (χ4v) is 0.807. The Kier molecular flexibility index (Phi) is 4.08. The molecule has 0 saturated carbocycles. The lowest BCUT2D eigenvalue weighted by atomic mass is 10.1. The van der Waals surface area contributed by atoms with Gasteiger partial charge in [-0.2, -0.15) is 0 Å². The van der Waals surface area contributed by atoms with Crippen LogP contribution < -0.4 is 0 Å². The number of nitrogens with zero attached hydrogens (tertiary/aromatic N) is 2. The summed E-state index contributed by atoms with van der Waals surface area (Å²) >= 11 is 0. The fourth-order valence-electron chi connectivity index (χ4n) is 0.807. The number of rotatable bonds is 4. The molecule has 3 heteroatoms. The molecule has 0 spiro atoms. The molecule has 0 N–H and O–H groups in total. The summed E-state index contributed by atoms with van der Waals surface area (Å²) in [7, 11) is 0. The highest BCUT2D eigenvalue weighted by atomic mass is 16.3. The summed E-state index contributed by atoms with van der Waals surface area (Å²) in [5.74, 6) is 0. The molecule has 0 aromatic heterocycles. The molecule has 0 aromatic carbocycles. The van der Waals surface area contributed by atoms with Crippen LogP contribution in [0.4, 0.5) is 0 Å². The van der Waals surface area contributed by atoms with Gasteiger partial charge in [0.1, 0.15) is 0 Å². The fraction of sp³-hybridized carbons (Fsp3) is 1.00. The zero-order valence-electron chi connectivity index (χ0n) is 7.92. The van der Waals surface area contributed by atoms with Crippen LogP contribution in [-0.4, -0.2) is 17.1 Å². The second kappa shape index (κ2) is 4.31. The van der Waals surface area contributed by atoms with Crippen LogP contribution in [0.5, 0.6) is 0 Å². The van der Waals surface area contributed by atoms with Crippen molar-refractivity contribution in [3.05, 3.63) is 4.91 Å². The second-order valence-corrected chi connectivity index (χ2v) is 3.73. The standard InChI is InChI=1S/C8H18N2O/c1-5-6-7-10(9-11)8(2,3)4/h5-7H2,1-4H3. The van der Waals surface area contributed by atoms with Gasteiger partial charge in [-0.3, -0.25) is 5.01 Å². The first kappa shape index (κ1) is 10.4. The Morgan fingerprint density at radius 2 is 1.91 bits per heavy atom. The van der Waals surface area contributed by atoms with Crippen molar-refractivity contribution in [2.75, 3.05) is 6.54 Å². The molecule has 0 atom stereocenters. The quantitative estimate of drug-likeness (QED) is 0.465. The van der Waals surface area contributed by atoms with Gasteiger partial charge in [0.05, 0.1) is 10.8 Å². The van der Waals surface area contributed by atoms with E-state index in [0.717, 1.165) is 19.4 Å². The van der Waals surface area contributed by atoms with Gasteiger partial charge in [-0.05, 0) is 27.2 Å². The maximum absolute atomic E-state index is 10.3. The van der Waals surface area contributed by atoms with Crippen molar-refractivity contribution in [2.24, 2.45) is 5.29 Å². The van der Waals surface area contributed by atoms with Crippen molar-refractivity contribution in [1.82, 2.24) is 5.01 Å². The average molecular weight is 158 g/mol. The lowest BCUT2D eigenvalue weighted by Crippen LogP contribution is -2.37. The average Bonchev–Trinajstić information content (AvgIpc) is 1.87. The predicted octanol–water partition coefficient (Wildman–Crippen LogP) is 2.57. The molecular weight excluding hydrogens is 140 g/mol. The van der Waals surface area contributed by atoms with E-state index in [0.29, 0.717) is 0 Å². The monoisotopic (exact) mass is 158 g/mol. The van der Waals surface area contributed by atoms with Crippen LogP contribution in [0, 0.1) is 4.91 Å². The molecule has 0 bridgehead atoms. The summed E-state index contributed by atoms with van der Waals surface area (Å²) in [4.78, 5) is 10.3. The maximum Gasteiger partial charge on any atom is 0.0529 e. The Morgan fingerprint density at radius 3 is 2.18 bits per heavy atom. The molecule has 11 heavy (non-hydrogen) atoms. The molecule has 0 aliphatic carbocycles. The van der Waals surface area contributed by atoms with Crippen LogP contribution in [0.15, 0.2) is 5.29 Å². The first-order valence-corrected chi connectivity index (χ1v) is 4.13. The Balaban J connectivity index is 3.86. The van der Waals surface area contributed by atoms with Gasteiger partial charge >= 0.3 is 0 Å². The normalized spacial score (nSPS) is 11.3. The van der Waals surface area contributed by atoms with Crippen molar-refractivity contribution in [2.45, 2.75) is 46.1 Å². The lowest BCUT2D eigenvalue weighted by Gasteiger charge is -2.29. The third kappa shape index (κ3) is 3.96. The summed E-state index contributed by atoms with van der Waals surface area (Å²) in [6.45, 7) is 8.84. The van der Waals surface area contributed by atoms with Crippen molar-refractivity contribution < 1.29 is 0 Å². The molecule has 0 aliphatic rings. The van der Waals surface area contributed by atoms with Crippen molar-refractivity contribution >= 4 is 0 Å². The zero-order chi connectivity index (χ0) is 8.91. The van der Waals surface area contributed by atoms with Crippen LogP contribution in [0.25, 0.3) is 0 Å². The van der Waals surface area contributed by atoms with E-state index >= 15 is 0 Å². The van der Waals surface area contributed by atoms with Crippen molar-refractivity contribution in [3.63, 3.8) is 0 Å². The van der Waals surface area contributed by atoms with E-state index in [1.165, 1.54) is 0 Å². The first-order valence-electron chi connectivity index (χ1n) is 4.13. The zero-order valence-corrected chi connectivity index (χ0v) is 7.92. The van der Waals surface area contributed by atoms with Gasteiger partial charge in [0.15, 0.2) is 0 Å². The van der Waals surface area contributed by atoms with Gasteiger partial charge in [0.2, 0.25) is 0 Å². The third-order valence-corrected chi connectivity index (χ3v) is 1.60. The summed E-state index contributed by atoms with van der Waals surface area (Å²) < 4.78 is 0. The Labute approximate surface area is 68.7 Å². The van der Waals surface area contributed by atoms with Gasteiger partial charge in [0.25, 0.3) is 0 Å². The van der Waals surface area contributed by atoms with Gasteiger partial charge in [-0.25, -0.2) is 0 Å². The highest BCUT2D eigenvalue weighted by molar-refractivity contribution is 4.72. The lowest BCUT2D eigenvalue weighted by molar-refractivity contribution is 0.137. The molecule has 0 fully saturated rings.